The Kier molecular flexibility index (Phi) is 21.5. The smallest absolute Gasteiger partial charge is 0.217 e. The summed E-state index contributed by atoms with van der Waals surface area (Å²) in [6, 6.07) is -4.30. The van der Waals surface area contributed by atoms with Crippen LogP contribution in [0.1, 0.15) is 13.8 Å². The van der Waals surface area contributed by atoms with Gasteiger partial charge in [0.25, 0.3) is 0 Å². The summed E-state index contributed by atoms with van der Waals surface area (Å²) in [7, 11) is 0. The van der Waals surface area contributed by atoms with Crippen molar-refractivity contribution in [3.8, 4) is 0 Å². The number of carbonyl (C=O) groups is 3. The van der Waals surface area contributed by atoms with Gasteiger partial charge in [0, 0.05) is 13.8 Å². The maximum Gasteiger partial charge on any atom is 0.217 e. The Labute approximate surface area is 391 Å². The van der Waals surface area contributed by atoms with Crippen LogP contribution in [-0.2, 0) is 61.8 Å². The largest absolute Gasteiger partial charge is 0.394 e. The number of aliphatic hydroxyl groups excluding tert-OH is 15. The third-order valence-electron chi connectivity index (χ3n) is 12.1. The SMILES string of the molecule is CC(=O)N[C@H]1[C@H](O[C@H]2[C@@H](O)[C@@H](CO)O[C@@H](O[C@H]3[C@H](O)[C@@H](CO)O[C@@H](O[C@H]4[C@@H](O)[C@@H](CO)O[C@@H](O[C@H]5[C@H](O)[C@@H](O)[C@H](OC[C@@H](CO)NC=O)O[C@@H]5CO)[C@@H]4O)[C@@H]3NC(C)=O)[C@@H]2O)O[C@H](CO)[C@@H](O)[C@@H]1O. The molecule has 0 aromatic heterocycles. The quantitative estimate of drug-likeness (QED) is 0.0475. The molecule has 69 heavy (non-hydrogen) atoms. The highest BCUT2D eigenvalue weighted by atomic mass is 16.8. The molecule has 5 aliphatic heterocycles. The zero-order chi connectivity index (χ0) is 51.0. The summed E-state index contributed by atoms with van der Waals surface area (Å²) in [5.41, 5.74) is 0. The normalized spacial score (nSPS) is 45.6. The first-order valence-corrected chi connectivity index (χ1v) is 21.8. The van der Waals surface area contributed by atoms with Crippen LogP contribution in [0.5, 0.6) is 0 Å². The molecule has 31 nitrogen and oxygen atoms in total. The lowest BCUT2D eigenvalue weighted by Gasteiger charge is -2.50. The van der Waals surface area contributed by atoms with Crippen molar-refractivity contribution in [2.24, 2.45) is 0 Å². The third kappa shape index (κ3) is 13.2. The number of aliphatic hydroxyl groups is 15. The molecule has 5 saturated heterocycles. The van der Waals surface area contributed by atoms with Gasteiger partial charge in [0.1, 0.15) is 122 Å². The third-order valence-corrected chi connectivity index (χ3v) is 12.1. The number of hydrogen-bond donors (Lipinski definition) is 18. The lowest BCUT2D eigenvalue weighted by atomic mass is 9.94. The molecule has 0 radical (unpaired) electrons. The van der Waals surface area contributed by atoms with Crippen LogP contribution in [0.15, 0.2) is 0 Å². The zero-order valence-electron chi connectivity index (χ0n) is 37.1. The molecule has 0 aromatic carbocycles. The molecular formula is C38H65N3O28. The van der Waals surface area contributed by atoms with E-state index in [-0.39, 0.29) is 6.41 Å². The molecule has 31 heteroatoms. The van der Waals surface area contributed by atoms with Crippen molar-refractivity contribution in [1.82, 2.24) is 16.0 Å². The van der Waals surface area contributed by atoms with E-state index in [2.05, 4.69) is 16.0 Å². The first-order chi connectivity index (χ1) is 32.8. The molecule has 26 atom stereocenters. The second-order valence-electron chi connectivity index (χ2n) is 16.9. The Morgan fingerprint density at radius 1 is 0.464 bits per heavy atom. The van der Waals surface area contributed by atoms with Gasteiger partial charge in [-0.05, 0) is 0 Å². The highest BCUT2D eigenvalue weighted by molar-refractivity contribution is 5.73. The van der Waals surface area contributed by atoms with Gasteiger partial charge in [0.2, 0.25) is 18.2 Å². The van der Waals surface area contributed by atoms with Crippen LogP contribution in [-0.4, -0.2) is 301 Å². The Balaban J connectivity index is 1.39. The summed E-state index contributed by atoms with van der Waals surface area (Å²) in [5, 5.41) is 167. The fourth-order valence-electron chi connectivity index (χ4n) is 8.41. The van der Waals surface area contributed by atoms with Gasteiger partial charge in [-0.2, -0.15) is 0 Å². The minimum absolute atomic E-state index is 0.282. The van der Waals surface area contributed by atoms with E-state index in [4.69, 9.17) is 47.4 Å². The van der Waals surface area contributed by atoms with Crippen molar-refractivity contribution >= 4 is 18.2 Å². The number of rotatable bonds is 21. The van der Waals surface area contributed by atoms with E-state index in [1.165, 1.54) is 0 Å². The van der Waals surface area contributed by atoms with E-state index >= 15 is 0 Å². The number of carbonyl (C=O) groups excluding carboxylic acids is 3. The predicted octanol–water partition coefficient (Wildman–Crippen LogP) is -12.5. The maximum atomic E-state index is 12.7. The molecule has 5 aliphatic rings. The van der Waals surface area contributed by atoms with Crippen LogP contribution in [0.25, 0.3) is 0 Å². The van der Waals surface area contributed by atoms with Crippen molar-refractivity contribution in [1.29, 1.82) is 0 Å². The fourth-order valence-corrected chi connectivity index (χ4v) is 8.41. The molecule has 0 saturated carbocycles. The average molecular weight is 1010 g/mol. The fraction of sp³-hybridized carbons (Fsp3) is 0.921. The van der Waals surface area contributed by atoms with Gasteiger partial charge in [0.05, 0.1) is 52.3 Å². The monoisotopic (exact) mass is 1010 g/mol. The van der Waals surface area contributed by atoms with E-state index in [0.29, 0.717) is 0 Å². The summed E-state index contributed by atoms with van der Waals surface area (Å²) in [6.07, 6.45) is -42.6. The number of ether oxygens (including phenoxy) is 10. The Morgan fingerprint density at radius 3 is 1.30 bits per heavy atom. The molecule has 5 fully saturated rings. The summed E-state index contributed by atoms with van der Waals surface area (Å²) in [4.78, 5) is 35.6. The van der Waals surface area contributed by atoms with Gasteiger partial charge in [-0.1, -0.05) is 0 Å². The maximum absolute atomic E-state index is 12.7. The molecule has 5 rings (SSSR count). The minimum Gasteiger partial charge on any atom is -0.394 e. The molecule has 5 heterocycles. The van der Waals surface area contributed by atoms with Crippen molar-refractivity contribution in [3.63, 3.8) is 0 Å². The summed E-state index contributed by atoms with van der Waals surface area (Å²) in [5.74, 6) is -1.60. The topological polar surface area (TPSA) is 483 Å². The molecule has 0 unspecified atom stereocenters. The van der Waals surface area contributed by atoms with Crippen LogP contribution in [0.3, 0.4) is 0 Å². The lowest BCUT2D eigenvalue weighted by Crippen LogP contribution is -2.70. The first kappa shape index (κ1) is 57.3. The predicted molar refractivity (Wildman–Crippen MR) is 214 cm³/mol. The molecule has 3 amide bonds. The Morgan fingerprint density at radius 2 is 0.855 bits per heavy atom. The van der Waals surface area contributed by atoms with Gasteiger partial charge in [0.15, 0.2) is 31.5 Å². The van der Waals surface area contributed by atoms with Gasteiger partial charge in [-0.15, -0.1) is 0 Å². The first-order valence-electron chi connectivity index (χ1n) is 21.8. The molecular weight excluding hydrogens is 946 g/mol. The van der Waals surface area contributed by atoms with Crippen LogP contribution in [0, 0.1) is 0 Å². The number of hydrogen-bond acceptors (Lipinski definition) is 28. The Bertz CT molecular complexity index is 1610. The van der Waals surface area contributed by atoms with Crippen molar-refractivity contribution in [2.45, 2.75) is 173 Å². The standard InChI is InChI=1S/C38H65N3O28/c1-11(49)40-19-25(55)21(51)14(4-43)61-34(19)68-32-23(53)17(7-46)64-38(29(32)59)67-31-20(41-12(2)50)35(62-15(5-44)22(31)52)69-33-24(54)16(6-45)63-37(28(33)58)66-30-18(8-47)65-36(27(57)26(30)56)60-9-13(3-42)39-10-48/h10,13-38,42-47,51-59H,3-9H2,1-2H3,(H,39,48)(H,40,49)(H,41,50)/t13-,14-,15-,16-,17-,18-,19-,20-,21-,22-,23+,24+,25-,26-,27-,28-,29-,30-,31-,32+,33+,34+,35+,36-,37+,38+/m1/s1. The second kappa shape index (κ2) is 25.9. The average Bonchev–Trinajstić information content (AvgIpc) is 3.32. The minimum atomic E-state index is -2.16. The van der Waals surface area contributed by atoms with Crippen LogP contribution >= 0.6 is 0 Å². The number of nitrogens with one attached hydrogen (secondary N) is 3. The van der Waals surface area contributed by atoms with E-state index < -0.39 is 218 Å². The van der Waals surface area contributed by atoms with Crippen molar-refractivity contribution in [2.75, 3.05) is 46.2 Å². The number of amides is 3. The van der Waals surface area contributed by atoms with Crippen LogP contribution in [0.4, 0.5) is 0 Å². The lowest BCUT2D eigenvalue weighted by molar-refractivity contribution is -0.384. The van der Waals surface area contributed by atoms with E-state index in [1.54, 1.807) is 0 Å². The highest BCUT2D eigenvalue weighted by Gasteiger charge is 2.57. The van der Waals surface area contributed by atoms with E-state index in [0.717, 1.165) is 13.8 Å². The molecule has 18 N–H and O–H groups in total. The van der Waals surface area contributed by atoms with Gasteiger partial charge < -0.3 is 140 Å². The van der Waals surface area contributed by atoms with Gasteiger partial charge in [-0.25, -0.2) is 0 Å². The Hall–Kier alpha value is -2.59. The van der Waals surface area contributed by atoms with E-state index in [9.17, 15) is 91.0 Å². The molecule has 0 aromatic rings. The molecule has 0 bridgehead atoms. The van der Waals surface area contributed by atoms with Crippen LogP contribution < -0.4 is 16.0 Å². The van der Waals surface area contributed by atoms with Crippen molar-refractivity contribution in [3.05, 3.63) is 0 Å². The summed E-state index contributed by atoms with van der Waals surface area (Å²) >= 11 is 0. The summed E-state index contributed by atoms with van der Waals surface area (Å²) in [6.45, 7) is -3.71. The van der Waals surface area contributed by atoms with E-state index in [1.807, 2.05) is 0 Å². The summed E-state index contributed by atoms with van der Waals surface area (Å²) < 4.78 is 57.2. The second-order valence-corrected chi connectivity index (χ2v) is 16.9. The van der Waals surface area contributed by atoms with Gasteiger partial charge >= 0.3 is 0 Å². The highest BCUT2D eigenvalue weighted by Crippen LogP contribution is 2.36. The molecule has 0 aliphatic carbocycles. The van der Waals surface area contributed by atoms with Crippen molar-refractivity contribution < 1.29 is 138 Å². The van der Waals surface area contributed by atoms with Crippen LogP contribution in [0.2, 0.25) is 0 Å². The van der Waals surface area contributed by atoms with Gasteiger partial charge in [-0.3, -0.25) is 14.4 Å². The zero-order valence-corrected chi connectivity index (χ0v) is 37.1. The molecule has 400 valence electrons. The molecule has 0 spiro atoms.